The topological polar surface area (TPSA) is 20.2 Å². The molecule has 0 saturated carbocycles. The van der Waals surface area contributed by atoms with Gasteiger partial charge in [0.2, 0.25) is 0 Å². The molecule has 2 aromatic rings. The summed E-state index contributed by atoms with van der Waals surface area (Å²) >= 11 is 0. The standard InChI is InChI=1S/C17H20O/c1-12-5-10-16(17(2,3)4)15(11-12)13-6-8-14(18)9-7-13/h5-11,18H,1-4H3. The predicted molar refractivity (Wildman–Crippen MR) is 77.0 cm³/mol. The van der Waals surface area contributed by atoms with Crippen molar-refractivity contribution < 1.29 is 5.11 Å². The van der Waals surface area contributed by atoms with Gasteiger partial charge in [-0.05, 0) is 41.2 Å². The molecule has 0 spiro atoms. The van der Waals surface area contributed by atoms with Gasteiger partial charge in [0, 0.05) is 0 Å². The minimum Gasteiger partial charge on any atom is -0.508 e. The first-order valence-corrected chi connectivity index (χ1v) is 6.28. The summed E-state index contributed by atoms with van der Waals surface area (Å²) < 4.78 is 0. The average molecular weight is 240 g/mol. The maximum absolute atomic E-state index is 9.39. The number of rotatable bonds is 1. The summed E-state index contributed by atoms with van der Waals surface area (Å²) in [5.41, 5.74) is 5.11. The molecule has 0 aromatic heterocycles. The molecule has 0 saturated heterocycles. The fourth-order valence-electron chi connectivity index (χ4n) is 2.19. The van der Waals surface area contributed by atoms with Crippen molar-refractivity contribution >= 4 is 0 Å². The van der Waals surface area contributed by atoms with Crippen molar-refractivity contribution in [2.45, 2.75) is 33.1 Å². The zero-order chi connectivity index (χ0) is 13.3. The Morgan fingerprint density at radius 3 is 2.06 bits per heavy atom. The van der Waals surface area contributed by atoms with E-state index in [-0.39, 0.29) is 5.41 Å². The van der Waals surface area contributed by atoms with Crippen LogP contribution in [0.25, 0.3) is 11.1 Å². The van der Waals surface area contributed by atoms with Gasteiger partial charge >= 0.3 is 0 Å². The Morgan fingerprint density at radius 1 is 0.889 bits per heavy atom. The Labute approximate surface area is 109 Å². The van der Waals surface area contributed by atoms with Crippen molar-refractivity contribution in [1.29, 1.82) is 0 Å². The molecule has 1 nitrogen and oxygen atoms in total. The van der Waals surface area contributed by atoms with Crippen molar-refractivity contribution in [3.8, 4) is 16.9 Å². The van der Waals surface area contributed by atoms with Gasteiger partial charge in [0.1, 0.15) is 5.75 Å². The fourth-order valence-corrected chi connectivity index (χ4v) is 2.19. The van der Waals surface area contributed by atoms with Gasteiger partial charge < -0.3 is 5.11 Å². The van der Waals surface area contributed by atoms with Crippen LogP contribution in [0.5, 0.6) is 5.75 Å². The first-order chi connectivity index (χ1) is 8.38. The van der Waals surface area contributed by atoms with E-state index in [2.05, 4.69) is 45.9 Å². The van der Waals surface area contributed by atoms with Crippen LogP contribution in [0, 0.1) is 6.92 Å². The van der Waals surface area contributed by atoms with Gasteiger partial charge in [0.25, 0.3) is 0 Å². The first-order valence-electron chi connectivity index (χ1n) is 6.28. The summed E-state index contributed by atoms with van der Waals surface area (Å²) in [6.45, 7) is 8.78. The van der Waals surface area contributed by atoms with Crippen LogP contribution in [0.4, 0.5) is 0 Å². The molecule has 0 aliphatic carbocycles. The number of hydrogen-bond donors (Lipinski definition) is 1. The number of aryl methyl sites for hydroxylation is 1. The molecule has 18 heavy (non-hydrogen) atoms. The summed E-state index contributed by atoms with van der Waals surface area (Å²) in [6.07, 6.45) is 0. The third-order valence-corrected chi connectivity index (χ3v) is 3.16. The highest BCUT2D eigenvalue weighted by molar-refractivity contribution is 5.70. The highest BCUT2D eigenvalue weighted by Crippen LogP contribution is 2.34. The lowest BCUT2D eigenvalue weighted by atomic mass is 9.81. The number of benzene rings is 2. The van der Waals surface area contributed by atoms with Gasteiger partial charge in [-0.1, -0.05) is 56.7 Å². The van der Waals surface area contributed by atoms with E-state index >= 15 is 0 Å². The molecule has 0 bridgehead atoms. The molecular formula is C17H20O. The summed E-state index contributed by atoms with van der Waals surface area (Å²) in [7, 11) is 0. The second-order valence-electron chi connectivity index (χ2n) is 5.85. The van der Waals surface area contributed by atoms with E-state index in [1.54, 1.807) is 12.1 Å². The molecule has 0 fully saturated rings. The summed E-state index contributed by atoms with van der Waals surface area (Å²) in [6, 6.07) is 14.0. The monoisotopic (exact) mass is 240 g/mol. The number of aromatic hydroxyl groups is 1. The minimum atomic E-state index is 0.112. The van der Waals surface area contributed by atoms with Crippen LogP contribution in [0.2, 0.25) is 0 Å². The lowest BCUT2D eigenvalue weighted by Gasteiger charge is -2.23. The third-order valence-electron chi connectivity index (χ3n) is 3.16. The van der Waals surface area contributed by atoms with Crippen LogP contribution in [0.3, 0.4) is 0 Å². The molecule has 0 unspecified atom stereocenters. The Bertz CT molecular complexity index is 545. The van der Waals surface area contributed by atoms with Crippen LogP contribution in [-0.2, 0) is 5.41 Å². The van der Waals surface area contributed by atoms with Crippen LogP contribution in [0.15, 0.2) is 42.5 Å². The molecule has 0 heterocycles. The Kier molecular flexibility index (Phi) is 3.16. The molecule has 0 amide bonds. The van der Waals surface area contributed by atoms with Crippen molar-refractivity contribution in [2.24, 2.45) is 0 Å². The fraction of sp³-hybridized carbons (Fsp3) is 0.294. The molecule has 2 aromatic carbocycles. The van der Waals surface area contributed by atoms with E-state index in [0.29, 0.717) is 5.75 Å². The molecule has 1 N–H and O–H groups in total. The zero-order valence-corrected chi connectivity index (χ0v) is 11.5. The van der Waals surface area contributed by atoms with Crippen molar-refractivity contribution in [1.82, 2.24) is 0 Å². The lowest BCUT2D eigenvalue weighted by Crippen LogP contribution is -2.12. The third kappa shape index (κ3) is 2.56. The van der Waals surface area contributed by atoms with Crippen LogP contribution >= 0.6 is 0 Å². The van der Waals surface area contributed by atoms with Crippen LogP contribution in [-0.4, -0.2) is 5.11 Å². The number of hydrogen-bond acceptors (Lipinski definition) is 1. The van der Waals surface area contributed by atoms with E-state index in [4.69, 9.17) is 0 Å². The molecule has 0 aliphatic heterocycles. The molecular weight excluding hydrogens is 220 g/mol. The van der Waals surface area contributed by atoms with Gasteiger partial charge in [0.05, 0.1) is 0 Å². The highest BCUT2D eigenvalue weighted by atomic mass is 16.3. The van der Waals surface area contributed by atoms with Gasteiger partial charge in [0.15, 0.2) is 0 Å². The van der Waals surface area contributed by atoms with E-state index in [1.165, 1.54) is 16.7 Å². The van der Waals surface area contributed by atoms with E-state index in [0.717, 1.165) is 5.56 Å². The van der Waals surface area contributed by atoms with Gasteiger partial charge in [-0.2, -0.15) is 0 Å². The maximum Gasteiger partial charge on any atom is 0.115 e. The van der Waals surface area contributed by atoms with E-state index < -0.39 is 0 Å². The lowest BCUT2D eigenvalue weighted by molar-refractivity contribution is 0.475. The Balaban J connectivity index is 2.62. The SMILES string of the molecule is Cc1ccc(C(C)(C)C)c(-c2ccc(O)cc2)c1. The zero-order valence-electron chi connectivity index (χ0n) is 11.5. The van der Waals surface area contributed by atoms with Crippen molar-refractivity contribution in [3.05, 3.63) is 53.6 Å². The molecule has 0 radical (unpaired) electrons. The molecule has 1 heteroatoms. The quantitative estimate of drug-likeness (QED) is 0.768. The van der Waals surface area contributed by atoms with Crippen LogP contribution < -0.4 is 0 Å². The highest BCUT2D eigenvalue weighted by Gasteiger charge is 2.18. The van der Waals surface area contributed by atoms with Crippen molar-refractivity contribution in [3.63, 3.8) is 0 Å². The first kappa shape index (κ1) is 12.7. The summed E-state index contributed by atoms with van der Waals surface area (Å²) in [5, 5.41) is 9.39. The Hall–Kier alpha value is -1.76. The van der Waals surface area contributed by atoms with Crippen molar-refractivity contribution in [2.75, 3.05) is 0 Å². The second kappa shape index (κ2) is 4.49. The molecule has 0 aliphatic rings. The maximum atomic E-state index is 9.39. The number of phenolic OH excluding ortho intramolecular Hbond substituents is 1. The predicted octanol–water partition coefficient (Wildman–Crippen LogP) is 4.67. The molecule has 94 valence electrons. The average Bonchev–Trinajstić information content (AvgIpc) is 2.28. The molecule has 2 rings (SSSR count). The minimum absolute atomic E-state index is 0.112. The Morgan fingerprint density at radius 2 is 1.50 bits per heavy atom. The number of phenols is 1. The normalized spacial score (nSPS) is 11.6. The smallest absolute Gasteiger partial charge is 0.115 e. The van der Waals surface area contributed by atoms with E-state index in [1.807, 2.05) is 12.1 Å². The van der Waals surface area contributed by atoms with Crippen LogP contribution in [0.1, 0.15) is 31.9 Å². The van der Waals surface area contributed by atoms with Gasteiger partial charge in [-0.3, -0.25) is 0 Å². The largest absolute Gasteiger partial charge is 0.508 e. The van der Waals surface area contributed by atoms with Gasteiger partial charge in [-0.15, -0.1) is 0 Å². The van der Waals surface area contributed by atoms with Gasteiger partial charge in [-0.25, -0.2) is 0 Å². The second-order valence-corrected chi connectivity index (χ2v) is 5.85. The molecule has 0 atom stereocenters. The van der Waals surface area contributed by atoms with E-state index in [9.17, 15) is 5.11 Å². The summed E-state index contributed by atoms with van der Waals surface area (Å²) in [5.74, 6) is 0.309. The summed E-state index contributed by atoms with van der Waals surface area (Å²) in [4.78, 5) is 0.